The number of rotatable bonds is 6. The molecule has 0 unspecified atom stereocenters. The van der Waals surface area contributed by atoms with Crippen LogP contribution in [0.4, 0.5) is 4.39 Å². The highest BCUT2D eigenvalue weighted by Crippen LogP contribution is 2.46. The van der Waals surface area contributed by atoms with Gasteiger partial charge in [-0.15, -0.1) is 0 Å². The molecular weight excluding hydrogens is 273 g/mol. The monoisotopic (exact) mass is 295 g/mol. The maximum absolute atomic E-state index is 13.4. The van der Waals surface area contributed by atoms with E-state index in [1.807, 2.05) is 0 Å². The van der Waals surface area contributed by atoms with Crippen LogP contribution in [0.25, 0.3) is 0 Å². The fourth-order valence-electron chi connectivity index (χ4n) is 2.91. The van der Waals surface area contributed by atoms with Gasteiger partial charge in [0.25, 0.3) is 0 Å². The summed E-state index contributed by atoms with van der Waals surface area (Å²) in [5.74, 6) is -0.542. The molecule has 0 aromatic heterocycles. The van der Waals surface area contributed by atoms with Gasteiger partial charge in [0.05, 0.1) is 12.5 Å². The number of carbonyl (C=O) groups is 1. The first-order valence-electron chi connectivity index (χ1n) is 7.13. The van der Waals surface area contributed by atoms with Crippen LogP contribution in [0.15, 0.2) is 18.2 Å². The van der Waals surface area contributed by atoms with Crippen LogP contribution in [0.5, 0.6) is 5.75 Å². The molecule has 1 aliphatic carbocycles. The number of carboxylic acid groups (broad SMARTS) is 1. The fraction of sp³-hybridized carbons (Fsp3) is 0.562. The van der Waals surface area contributed by atoms with Gasteiger partial charge in [-0.05, 0) is 51.3 Å². The smallest absolute Gasteiger partial charge is 0.310 e. The highest BCUT2D eigenvalue weighted by molar-refractivity contribution is 5.76. The lowest BCUT2D eigenvalue weighted by Gasteiger charge is -2.51. The number of nitrogens with one attached hydrogen (secondary N) is 1. The van der Waals surface area contributed by atoms with Crippen molar-refractivity contribution in [3.8, 4) is 5.75 Å². The second kappa shape index (κ2) is 5.64. The number of hydrogen-bond donors (Lipinski definition) is 2. The van der Waals surface area contributed by atoms with Gasteiger partial charge >= 0.3 is 5.97 Å². The molecule has 116 valence electrons. The van der Waals surface area contributed by atoms with Crippen molar-refractivity contribution < 1.29 is 19.0 Å². The maximum Gasteiger partial charge on any atom is 0.310 e. The van der Waals surface area contributed by atoms with E-state index in [1.54, 1.807) is 19.9 Å². The van der Waals surface area contributed by atoms with Gasteiger partial charge in [-0.25, -0.2) is 4.39 Å². The molecule has 2 rings (SSSR count). The van der Waals surface area contributed by atoms with Crippen LogP contribution in [-0.4, -0.2) is 23.7 Å². The minimum atomic E-state index is -0.869. The van der Waals surface area contributed by atoms with E-state index >= 15 is 0 Å². The third-order valence-electron chi connectivity index (χ3n) is 4.80. The molecule has 1 aromatic carbocycles. The van der Waals surface area contributed by atoms with Gasteiger partial charge in [-0.2, -0.15) is 0 Å². The van der Waals surface area contributed by atoms with Crippen molar-refractivity contribution >= 4 is 5.97 Å². The van der Waals surface area contributed by atoms with Crippen LogP contribution >= 0.6 is 0 Å². The van der Waals surface area contributed by atoms with Crippen molar-refractivity contribution in [3.63, 3.8) is 0 Å². The summed E-state index contributed by atoms with van der Waals surface area (Å²) in [6.07, 6.45) is 2.62. The third kappa shape index (κ3) is 2.75. The molecule has 2 N–H and O–H groups in total. The largest absolute Gasteiger partial charge is 0.496 e. The lowest BCUT2D eigenvalue weighted by atomic mass is 9.60. The van der Waals surface area contributed by atoms with E-state index in [9.17, 15) is 14.3 Å². The van der Waals surface area contributed by atoms with Crippen molar-refractivity contribution in [2.45, 2.75) is 45.2 Å². The Kier molecular flexibility index (Phi) is 4.23. The number of methoxy groups -OCH3 is 1. The minimum absolute atomic E-state index is 0.326. The molecular formula is C16H22FNO3. The van der Waals surface area contributed by atoms with Crippen LogP contribution in [0.3, 0.4) is 0 Å². The van der Waals surface area contributed by atoms with Gasteiger partial charge in [-0.1, -0.05) is 0 Å². The quantitative estimate of drug-likeness (QED) is 0.847. The molecule has 0 bridgehead atoms. The second-order valence-corrected chi connectivity index (χ2v) is 6.18. The molecule has 5 heteroatoms. The van der Waals surface area contributed by atoms with E-state index in [2.05, 4.69) is 5.32 Å². The van der Waals surface area contributed by atoms with Crippen molar-refractivity contribution in [2.24, 2.45) is 5.41 Å². The summed E-state index contributed by atoms with van der Waals surface area (Å²) < 4.78 is 18.6. The summed E-state index contributed by atoms with van der Waals surface area (Å²) in [7, 11) is 1.54. The van der Waals surface area contributed by atoms with Crippen LogP contribution in [0.1, 0.15) is 38.7 Å². The molecule has 0 atom stereocenters. The predicted octanol–water partition coefficient (Wildman–Crippen LogP) is 2.96. The average molecular weight is 295 g/mol. The number of aliphatic carboxylic acids is 1. The molecule has 0 radical (unpaired) electrons. The summed E-state index contributed by atoms with van der Waals surface area (Å²) in [6, 6.07) is 4.36. The molecule has 0 spiro atoms. The third-order valence-corrected chi connectivity index (χ3v) is 4.80. The molecule has 0 aliphatic heterocycles. The van der Waals surface area contributed by atoms with Gasteiger partial charge in [0.1, 0.15) is 11.6 Å². The zero-order chi connectivity index (χ0) is 15.7. The van der Waals surface area contributed by atoms with Crippen molar-refractivity contribution in [1.29, 1.82) is 0 Å². The number of benzene rings is 1. The zero-order valence-electron chi connectivity index (χ0n) is 12.7. The lowest BCUT2D eigenvalue weighted by Crippen LogP contribution is -2.63. The minimum Gasteiger partial charge on any atom is -0.496 e. The fourth-order valence-corrected chi connectivity index (χ4v) is 2.91. The molecule has 4 nitrogen and oxygen atoms in total. The first-order valence-corrected chi connectivity index (χ1v) is 7.13. The number of carboxylic acids is 1. The Labute approximate surface area is 124 Å². The highest BCUT2D eigenvalue weighted by atomic mass is 19.1. The summed E-state index contributed by atoms with van der Waals surface area (Å²) in [4.78, 5) is 11.5. The van der Waals surface area contributed by atoms with E-state index in [4.69, 9.17) is 4.74 Å². The molecule has 21 heavy (non-hydrogen) atoms. The van der Waals surface area contributed by atoms with Crippen molar-refractivity contribution in [2.75, 3.05) is 7.11 Å². The van der Waals surface area contributed by atoms with E-state index < -0.39 is 16.9 Å². The summed E-state index contributed by atoms with van der Waals surface area (Å²) in [6.45, 7) is 3.87. The van der Waals surface area contributed by atoms with Crippen LogP contribution in [-0.2, 0) is 11.3 Å². The predicted molar refractivity (Wildman–Crippen MR) is 77.8 cm³/mol. The number of hydrogen-bond acceptors (Lipinski definition) is 3. The molecule has 0 saturated heterocycles. The Hall–Kier alpha value is -1.62. The SMILES string of the molecule is COc1ccc(F)cc1CNC1(C(C)(C)C(=O)O)CCC1. The van der Waals surface area contributed by atoms with E-state index in [1.165, 1.54) is 19.2 Å². The maximum atomic E-state index is 13.4. The number of halogens is 1. The number of ether oxygens (including phenoxy) is 1. The Bertz CT molecular complexity index is 538. The molecule has 1 fully saturated rings. The zero-order valence-corrected chi connectivity index (χ0v) is 12.7. The molecule has 0 heterocycles. The standard InChI is InChI=1S/C16H22FNO3/c1-15(2,14(19)20)16(7-4-8-16)18-10-11-9-12(17)5-6-13(11)21-3/h5-6,9,18H,4,7-8,10H2,1-3H3,(H,19,20). The summed E-state index contributed by atoms with van der Waals surface area (Å²) in [5, 5.41) is 12.8. The van der Waals surface area contributed by atoms with Gasteiger partial charge in [0, 0.05) is 17.6 Å². The lowest BCUT2D eigenvalue weighted by molar-refractivity contribution is -0.155. The van der Waals surface area contributed by atoms with Crippen LogP contribution in [0.2, 0.25) is 0 Å². The van der Waals surface area contributed by atoms with Gasteiger partial charge in [-0.3, -0.25) is 4.79 Å². The topological polar surface area (TPSA) is 58.6 Å². The molecule has 1 aromatic rings. The molecule has 0 amide bonds. The van der Waals surface area contributed by atoms with Crippen LogP contribution in [0, 0.1) is 11.2 Å². The van der Waals surface area contributed by atoms with Crippen molar-refractivity contribution in [3.05, 3.63) is 29.6 Å². The van der Waals surface area contributed by atoms with Gasteiger partial charge < -0.3 is 15.2 Å². The average Bonchev–Trinajstić information content (AvgIpc) is 2.37. The second-order valence-electron chi connectivity index (χ2n) is 6.18. The van der Waals surface area contributed by atoms with E-state index in [-0.39, 0.29) is 5.82 Å². The Morgan fingerprint density at radius 1 is 1.48 bits per heavy atom. The molecule has 1 saturated carbocycles. The van der Waals surface area contributed by atoms with Crippen LogP contribution < -0.4 is 10.1 Å². The van der Waals surface area contributed by atoms with Gasteiger partial charge in [0.15, 0.2) is 0 Å². The summed E-state index contributed by atoms with van der Waals surface area (Å²) in [5.41, 5.74) is -0.618. The first kappa shape index (κ1) is 15.8. The van der Waals surface area contributed by atoms with Crippen molar-refractivity contribution in [1.82, 2.24) is 5.32 Å². The Morgan fingerprint density at radius 3 is 2.62 bits per heavy atom. The molecule has 1 aliphatic rings. The van der Waals surface area contributed by atoms with E-state index in [0.29, 0.717) is 17.9 Å². The first-order chi connectivity index (χ1) is 9.82. The van der Waals surface area contributed by atoms with E-state index in [0.717, 1.165) is 19.3 Å². The normalized spacial score (nSPS) is 17.1. The van der Waals surface area contributed by atoms with Gasteiger partial charge in [0.2, 0.25) is 0 Å². The highest BCUT2D eigenvalue weighted by Gasteiger charge is 2.53. The summed E-state index contributed by atoms with van der Waals surface area (Å²) >= 11 is 0. The Balaban J connectivity index is 2.18. The Morgan fingerprint density at radius 2 is 2.14 bits per heavy atom.